The summed E-state index contributed by atoms with van der Waals surface area (Å²) in [5.41, 5.74) is 5.54. The molecule has 15 heavy (non-hydrogen) atoms. The number of rotatable bonds is 2. The van der Waals surface area contributed by atoms with Crippen LogP contribution in [0.25, 0.3) is 0 Å². The van der Waals surface area contributed by atoms with Gasteiger partial charge >= 0.3 is 11.9 Å². The summed E-state index contributed by atoms with van der Waals surface area (Å²) in [5, 5.41) is 0. The summed E-state index contributed by atoms with van der Waals surface area (Å²) in [7, 11) is 2.68. The lowest BCUT2D eigenvalue weighted by molar-refractivity contribution is -0.145. The molecule has 0 unspecified atom stereocenters. The van der Waals surface area contributed by atoms with Crippen molar-refractivity contribution in [2.24, 2.45) is 0 Å². The Balaban J connectivity index is 2.48. The Labute approximate surface area is 88.3 Å². The molecule has 0 radical (unpaired) electrons. The van der Waals surface area contributed by atoms with Gasteiger partial charge < -0.3 is 9.47 Å². The number of carbonyl (C=O) groups excluding carboxylic acids is 2. The van der Waals surface area contributed by atoms with Crippen LogP contribution in [0.5, 0.6) is 0 Å². The van der Waals surface area contributed by atoms with Crippen LogP contribution in [-0.2, 0) is 19.1 Å². The van der Waals surface area contributed by atoms with Crippen LogP contribution in [0.15, 0.2) is 0 Å². The van der Waals surface area contributed by atoms with Crippen LogP contribution in [0, 0.1) is 0 Å². The Kier molecular flexibility index (Phi) is 4.51. The molecule has 0 aromatic heterocycles. The van der Waals surface area contributed by atoms with E-state index in [1.165, 1.54) is 14.2 Å². The van der Waals surface area contributed by atoms with Crippen molar-refractivity contribution >= 4 is 11.9 Å². The van der Waals surface area contributed by atoms with Crippen LogP contribution in [0.3, 0.4) is 0 Å². The molecule has 0 spiro atoms. The number of ether oxygens (including phenoxy) is 2. The highest BCUT2D eigenvalue weighted by molar-refractivity contribution is 5.77. The third-order valence-corrected chi connectivity index (χ3v) is 2.39. The first kappa shape index (κ1) is 11.9. The number of hydrogen-bond acceptors (Lipinski definition) is 6. The molecule has 0 saturated carbocycles. The number of hydrogen-bond donors (Lipinski definition) is 2. The van der Waals surface area contributed by atoms with Gasteiger partial charge in [0.25, 0.3) is 0 Å². The molecule has 2 N–H and O–H groups in total. The molecule has 1 aliphatic heterocycles. The molecule has 0 aliphatic carbocycles. The minimum Gasteiger partial charge on any atom is -0.468 e. The first-order chi connectivity index (χ1) is 7.19. The van der Waals surface area contributed by atoms with Gasteiger partial charge in [-0.2, -0.15) is 0 Å². The summed E-state index contributed by atoms with van der Waals surface area (Å²) in [5.74, 6) is -0.652. The predicted octanol–water partition coefficient (Wildman–Crippen LogP) is -0.652. The minimum atomic E-state index is -0.398. The van der Waals surface area contributed by atoms with Gasteiger partial charge in [-0.3, -0.25) is 9.59 Å². The highest BCUT2D eigenvalue weighted by atomic mass is 16.5. The summed E-state index contributed by atoms with van der Waals surface area (Å²) in [6.07, 6.45) is 2.06. The van der Waals surface area contributed by atoms with Crippen molar-refractivity contribution < 1.29 is 19.1 Å². The van der Waals surface area contributed by atoms with Crippen LogP contribution >= 0.6 is 0 Å². The summed E-state index contributed by atoms with van der Waals surface area (Å²) >= 11 is 0. The zero-order valence-corrected chi connectivity index (χ0v) is 8.91. The standard InChI is InChI=1S/C9H16N2O4/c1-14-8(12)6-4-3-5-7(11-10-6)9(13)15-2/h6-7,10-11H,3-5H2,1-2H3/t6-,7+. The molecule has 1 aliphatic rings. The smallest absolute Gasteiger partial charge is 0.324 e. The lowest BCUT2D eigenvalue weighted by atomic mass is 10.1. The summed E-state index contributed by atoms with van der Waals surface area (Å²) in [6, 6.07) is -0.797. The van der Waals surface area contributed by atoms with E-state index < -0.39 is 12.1 Å². The molecular formula is C9H16N2O4. The molecule has 1 heterocycles. The topological polar surface area (TPSA) is 76.7 Å². The number of methoxy groups -OCH3 is 2. The van der Waals surface area contributed by atoms with Gasteiger partial charge in [0.05, 0.1) is 14.2 Å². The van der Waals surface area contributed by atoms with Gasteiger partial charge in [0, 0.05) is 0 Å². The monoisotopic (exact) mass is 216 g/mol. The van der Waals surface area contributed by atoms with E-state index >= 15 is 0 Å². The van der Waals surface area contributed by atoms with Crippen LogP contribution < -0.4 is 10.9 Å². The van der Waals surface area contributed by atoms with Crippen LogP contribution in [0.2, 0.25) is 0 Å². The molecule has 6 nitrogen and oxygen atoms in total. The highest BCUT2D eigenvalue weighted by Crippen LogP contribution is 2.10. The fourth-order valence-corrected chi connectivity index (χ4v) is 1.51. The van der Waals surface area contributed by atoms with Crippen molar-refractivity contribution in [3.8, 4) is 0 Å². The molecule has 0 amide bonds. The van der Waals surface area contributed by atoms with Gasteiger partial charge in [0.15, 0.2) is 0 Å². The minimum absolute atomic E-state index is 0.326. The molecule has 0 aromatic carbocycles. The number of hydrazine groups is 1. The van der Waals surface area contributed by atoms with Crippen molar-refractivity contribution in [1.82, 2.24) is 10.9 Å². The Bertz CT molecular complexity index is 220. The Hall–Kier alpha value is -1.14. The Morgan fingerprint density at radius 1 is 1.00 bits per heavy atom. The molecule has 0 bridgehead atoms. The summed E-state index contributed by atoms with van der Waals surface area (Å²) < 4.78 is 9.22. The van der Waals surface area contributed by atoms with E-state index in [9.17, 15) is 9.59 Å². The second-order valence-electron chi connectivity index (χ2n) is 3.37. The molecule has 1 saturated heterocycles. The van der Waals surface area contributed by atoms with Crippen molar-refractivity contribution in [1.29, 1.82) is 0 Å². The summed E-state index contributed by atoms with van der Waals surface area (Å²) in [6.45, 7) is 0. The lowest BCUT2D eigenvalue weighted by Gasteiger charge is -2.15. The second-order valence-corrected chi connectivity index (χ2v) is 3.37. The van der Waals surface area contributed by atoms with Crippen molar-refractivity contribution in [3.05, 3.63) is 0 Å². The Morgan fingerprint density at radius 3 is 1.73 bits per heavy atom. The fourth-order valence-electron chi connectivity index (χ4n) is 1.51. The van der Waals surface area contributed by atoms with Crippen molar-refractivity contribution in [3.63, 3.8) is 0 Å². The van der Waals surface area contributed by atoms with Crippen molar-refractivity contribution in [2.75, 3.05) is 14.2 Å². The van der Waals surface area contributed by atoms with Gasteiger partial charge in [-0.05, 0) is 19.3 Å². The maximum Gasteiger partial charge on any atom is 0.324 e. The van der Waals surface area contributed by atoms with E-state index in [4.69, 9.17) is 0 Å². The molecule has 1 rings (SSSR count). The maximum atomic E-state index is 11.2. The van der Waals surface area contributed by atoms with Gasteiger partial charge in [0.2, 0.25) is 0 Å². The van der Waals surface area contributed by atoms with Gasteiger partial charge in [-0.25, -0.2) is 10.9 Å². The normalized spacial score (nSPS) is 26.5. The molecule has 1 fully saturated rings. The SMILES string of the molecule is COC(=O)[C@@H]1CCC[C@H](C(=O)OC)NN1. The highest BCUT2D eigenvalue weighted by Gasteiger charge is 2.27. The third-order valence-electron chi connectivity index (χ3n) is 2.39. The fraction of sp³-hybridized carbons (Fsp3) is 0.778. The average molecular weight is 216 g/mol. The third kappa shape index (κ3) is 3.17. The largest absolute Gasteiger partial charge is 0.468 e. The lowest BCUT2D eigenvalue weighted by Crippen LogP contribution is -2.50. The zero-order valence-electron chi connectivity index (χ0n) is 8.91. The zero-order chi connectivity index (χ0) is 11.3. The average Bonchev–Trinajstić information content (AvgIpc) is 2.52. The maximum absolute atomic E-state index is 11.2. The van der Waals surface area contributed by atoms with Crippen molar-refractivity contribution in [2.45, 2.75) is 31.3 Å². The number of esters is 2. The number of nitrogens with one attached hydrogen (secondary N) is 2. The van der Waals surface area contributed by atoms with Gasteiger partial charge in [0.1, 0.15) is 12.1 Å². The summed E-state index contributed by atoms with van der Waals surface area (Å²) in [4.78, 5) is 22.4. The van der Waals surface area contributed by atoms with E-state index in [0.717, 1.165) is 6.42 Å². The van der Waals surface area contributed by atoms with Crippen LogP contribution in [0.4, 0.5) is 0 Å². The van der Waals surface area contributed by atoms with Gasteiger partial charge in [-0.15, -0.1) is 0 Å². The molecule has 6 heteroatoms. The molecule has 86 valence electrons. The van der Waals surface area contributed by atoms with Crippen LogP contribution in [0.1, 0.15) is 19.3 Å². The van der Waals surface area contributed by atoms with E-state index in [1.807, 2.05) is 0 Å². The van der Waals surface area contributed by atoms with E-state index in [1.54, 1.807) is 0 Å². The second kappa shape index (κ2) is 5.67. The molecular weight excluding hydrogens is 200 g/mol. The Morgan fingerprint density at radius 2 is 1.40 bits per heavy atom. The van der Waals surface area contributed by atoms with Crippen LogP contribution in [-0.4, -0.2) is 38.2 Å². The van der Waals surface area contributed by atoms with E-state index in [2.05, 4.69) is 20.3 Å². The predicted molar refractivity (Wildman–Crippen MR) is 51.7 cm³/mol. The van der Waals surface area contributed by atoms with E-state index in [0.29, 0.717) is 12.8 Å². The number of carbonyl (C=O) groups is 2. The molecule has 0 aromatic rings. The molecule has 2 atom stereocenters. The quantitative estimate of drug-likeness (QED) is 0.597. The first-order valence-corrected chi connectivity index (χ1v) is 4.85. The van der Waals surface area contributed by atoms with E-state index in [-0.39, 0.29) is 11.9 Å². The first-order valence-electron chi connectivity index (χ1n) is 4.85. The van der Waals surface area contributed by atoms with Gasteiger partial charge in [-0.1, -0.05) is 0 Å².